The Balaban J connectivity index is 1.87. The Hall–Kier alpha value is -2.89. The largest absolute Gasteiger partial charge is 0.343 e. The molecule has 1 aromatic heterocycles. The Bertz CT molecular complexity index is 790. The lowest BCUT2D eigenvalue weighted by Gasteiger charge is -2.06. The zero-order valence-electron chi connectivity index (χ0n) is 14.4. The fourth-order valence-corrected chi connectivity index (χ4v) is 2.30. The number of aryl methyl sites for hydroxylation is 3. The van der Waals surface area contributed by atoms with Gasteiger partial charge in [0, 0.05) is 13.1 Å². The van der Waals surface area contributed by atoms with E-state index in [1.54, 1.807) is 10.8 Å². The first-order chi connectivity index (χ1) is 11.4. The van der Waals surface area contributed by atoms with E-state index in [4.69, 9.17) is 0 Å². The summed E-state index contributed by atoms with van der Waals surface area (Å²) in [6.45, 7) is 5.58. The molecule has 0 bridgehead atoms. The topological polar surface area (TPSA) is 76.0 Å². The lowest BCUT2D eigenvalue weighted by atomic mass is 10.1. The van der Waals surface area contributed by atoms with E-state index in [1.807, 2.05) is 52.1 Å². The Morgan fingerprint density at radius 2 is 1.92 bits per heavy atom. The van der Waals surface area contributed by atoms with Crippen molar-refractivity contribution in [2.75, 3.05) is 11.9 Å². The molecule has 0 aliphatic rings. The Morgan fingerprint density at radius 3 is 2.54 bits per heavy atom. The van der Waals surface area contributed by atoms with Crippen LogP contribution in [-0.4, -0.2) is 28.1 Å². The van der Waals surface area contributed by atoms with E-state index in [0.717, 1.165) is 22.5 Å². The fraction of sp³-hybridized carbons (Fsp3) is 0.278. The quantitative estimate of drug-likeness (QED) is 0.826. The first kappa shape index (κ1) is 17.5. The summed E-state index contributed by atoms with van der Waals surface area (Å²) in [6, 6.07) is 7.76. The van der Waals surface area contributed by atoms with E-state index in [1.165, 1.54) is 6.08 Å². The van der Waals surface area contributed by atoms with Crippen molar-refractivity contribution in [2.24, 2.45) is 7.05 Å². The van der Waals surface area contributed by atoms with Gasteiger partial charge in [-0.1, -0.05) is 24.3 Å². The van der Waals surface area contributed by atoms with Crippen LogP contribution in [0.15, 0.2) is 30.3 Å². The van der Waals surface area contributed by atoms with Gasteiger partial charge < -0.3 is 10.6 Å². The third-order valence-electron chi connectivity index (χ3n) is 3.80. The number of rotatable bonds is 5. The summed E-state index contributed by atoms with van der Waals surface area (Å²) in [7, 11) is 1.82. The van der Waals surface area contributed by atoms with Crippen LogP contribution in [0, 0.1) is 20.8 Å². The van der Waals surface area contributed by atoms with Crippen molar-refractivity contribution in [3.63, 3.8) is 0 Å². The zero-order valence-corrected chi connectivity index (χ0v) is 14.4. The molecular formula is C18H22N4O2. The molecule has 0 saturated heterocycles. The van der Waals surface area contributed by atoms with Crippen LogP contribution in [0.25, 0.3) is 6.08 Å². The normalized spacial score (nSPS) is 10.8. The second-order valence-electron chi connectivity index (χ2n) is 5.63. The average Bonchev–Trinajstić information content (AvgIpc) is 2.78. The number of carbonyl (C=O) groups excluding carboxylic acids is 2. The van der Waals surface area contributed by atoms with Crippen LogP contribution >= 0.6 is 0 Å². The number of nitrogens with one attached hydrogen (secondary N) is 2. The van der Waals surface area contributed by atoms with Gasteiger partial charge in [-0.25, -0.2) is 0 Å². The number of nitrogens with zero attached hydrogens (tertiary/aromatic N) is 2. The molecule has 0 unspecified atom stereocenters. The van der Waals surface area contributed by atoms with Gasteiger partial charge in [0.1, 0.15) is 0 Å². The molecule has 0 radical (unpaired) electrons. The minimum absolute atomic E-state index is 0.0925. The van der Waals surface area contributed by atoms with Crippen molar-refractivity contribution in [3.05, 3.63) is 52.9 Å². The highest BCUT2D eigenvalue weighted by Crippen LogP contribution is 2.17. The molecule has 0 aliphatic carbocycles. The Morgan fingerprint density at radius 1 is 1.21 bits per heavy atom. The van der Waals surface area contributed by atoms with Gasteiger partial charge in [-0.05, 0) is 38.0 Å². The molecule has 2 rings (SSSR count). The SMILES string of the molecule is Cc1ccccc1/C=C/C(=O)NCC(=O)Nc1c(C)nn(C)c1C. The van der Waals surface area contributed by atoms with Gasteiger partial charge in [0.15, 0.2) is 0 Å². The highest BCUT2D eigenvalue weighted by atomic mass is 16.2. The number of hydrogen-bond acceptors (Lipinski definition) is 3. The number of hydrogen-bond donors (Lipinski definition) is 2. The Kier molecular flexibility index (Phi) is 5.52. The maximum absolute atomic E-state index is 12.0. The second-order valence-corrected chi connectivity index (χ2v) is 5.63. The number of amides is 2. The van der Waals surface area contributed by atoms with Gasteiger partial charge in [-0.15, -0.1) is 0 Å². The molecule has 0 saturated carbocycles. The van der Waals surface area contributed by atoms with Crippen LogP contribution in [0.5, 0.6) is 0 Å². The lowest BCUT2D eigenvalue weighted by Crippen LogP contribution is -2.32. The molecule has 2 N–H and O–H groups in total. The van der Waals surface area contributed by atoms with E-state index >= 15 is 0 Å². The van der Waals surface area contributed by atoms with Gasteiger partial charge in [-0.3, -0.25) is 14.3 Å². The molecule has 2 amide bonds. The van der Waals surface area contributed by atoms with Gasteiger partial charge >= 0.3 is 0 Å². The predicted octanol–water partition coefficient (Wildman–Crippen LogP) is 2.11. The van der Waals surface area contributed by atoms with E-state index in [-0.39, 0.29) is 18.4 Å². The molecule has 6 heteroatoms. The van der Waals surface area contributed by atoms with Crippen LogP contribution in [0.3, 0.4) is 0 Å². The number of benzene rings is 1. The summed E-state index contributed by atoms with van der Waals surface area (Å²) in [6.07, 6.45) is 3.16. The number of aromatic nitrogens is 2. The van der Waals surface area contributed by atoms with E-state index in [2.05, 4.69) is 15.7 Å². The molecule has 6 nitrogen and oxygen atoms in total. The molecule has 0 spiro atoms. The van der Waals surface area contributed by atoms with Crippen molar-refractivity contribution < 1.29 is 9.59 Å². The maximum atomic E-state index is 12.0. The standard InChI is InChI=1S/C18H22N4O2/c1-12-7-5-6-8-15(12)9-10-16(23)19-11-17(24)20-18-13(2)21-22(4)14(18)3/h5-10H,11H2,1-4H3,(H,19,23)(H,20,24)/b10-9+. The Labute approximate surface area is 141 Å². The molecule has 24 heavy (non-hydrogen) atoms. The zero-order chi connectivity index (χ0) is 17.7. The summed E-state index contributed by atoms with van der Waals surface area (Å²) >= 11 is 0. The summed E-state index contributed by atoms with van der Waals surface area (Å²) in [5, 5.41) is 9.58. The molecule has 0 fully saturated rings. The van der Waals surface area contributed by atoms with Crippen molar-refractivity contribution in [1.29, 1.82) is 0 Å². The van der Waals surface area contributed by atoms with Crippen molar-refractivity contribution >= 4 is 23.6 Å². The van der Waals surface area contributed by atoms with Crippen LogP contribution in [-0.2, 0) is 16.6 Å². The minimum atomic E-state index is -0.312. The molecule has 0 aliphatic heterocycles. The third-order valence-corrected chi connectivity index (χ3v) is 3.80. The fourth-order valence-electron chi connectivity index (χ4n) is 2.30. The molecule has 2 aromatic rings. The van der Waals surface area contributed by atoms with Gasteiger partial charge in [0.25, 0.3) is 0 Å². The van der Waals surface area contributed by atoms with Crippen molar-refractivity contribution in [3.8, 4) is 0 Å². The highest BCUT2D eigenvalue weighted by molar-refractivity contribution is 5.98. The minimum Gasteiger partial charge on any atom is -0.343 e. The average molecular weight is 326 g/mol. The summed E-state index contributed by atoms with van der Waals surface area (Å²) in [5.74, 6) is -0.597. The number of carbonyl (C=O) groups is 2. The summed E-state index contributed by atoms with van der Waals surface area (Å²) in [4.78, 5) is 23.8. The van der Waals surface area contributed by atoms with E-state index in [9.17, 15) is 9.59 Å². The predicted molar refractivity (Wildman–Crippen MR) is 94.5 cm³/mol. The summed E-state index contributed by atoms with van der Waals surface area (Å²) in [5.41, 5.74) is 4.36. The van der Waals surface area contributed by atoms with Crippen LogP contribution in [0.2, 0.25) is 0 Å². The lowest BCUT2D eigenvalue weighted by molar-refractivity contribution is -0.121. The van der Waals surface area contributed by atoms with Gasteiger partial charge in [-0.2, -0.15) is 5.10 Å². The molecule has 1 aromatic carbocycles. The van der Waals surface area contributed by atoms with Crippen molar-refractivity contribution in [2.45, 2.75) is 20.8 Å². The van der Waals surface area contributed by atoms with Gasteiger partial charge in [0.2, 0.25) is 11.8 Å². The van der Waals surface area contributed by atoms with Crippen LogP contribution in [0.4, 0.5) is 5.69 Å². The monoisotopic (exact) mass is 326 g/mol. The molecular weight excluding hydrogens is 304 g/mol. The molecule has 1 heterocycles. The van der Waals surface area contributed by atoms with Crippen molar-refractivity contribution in [1.82, 2.24) is 15.1 Å². The van der Waals surface area contributed by atoms with Crippen LogP contribution < -0.4 is 10.6 Å². The van der Waals surface area contributed by atoms with Crippen LogP contribution in [0.1, 0.15) is 22.5 Å². The molecule has 0 atom stereocenters. The number of anilines is 1. The first-order valence-corrected chi connectivity index (χ1v) is 7.70. The first-order valence-electron chi connectivity index (χ1n) is 7.70. The molecule has 126 valence electrons. The second kappa shape index (κ2) is 7.59. The smallest absolute Gasteiger partial charge is 0.244 e. The van der Waals surface area contributed by atoms with E-state index in [0.29, 0.717) is 5.69 Å². The highest BCUT2D eigenvalue weighted by Gasteiger charge is 2.12. The van der Waals surface area contributed by atoms with E-state index < -0.39 is 0 Å². The van der Waals surface area contributed by atoms with Gasteiger partial charge in [0.05, 0.1) is 23.6 Å². The maximum Gasteiger partial charge on any atom is 0.244 e. The third kappa shape index (κ3) is 4.32. The summed E-state index contributed by atoms with van der Waals surface area (Å²) < 4.78 is 1.70.